The van der Waals surface area contributed by atoms with Gasteiger partial charge in [0.05, 0.1) is 33.4 Å². The summed E-state index contributed by atoms with van der Waals surface area (Å²) in [4.78, 5) is 9.96. The Morgan fingerprint density at radius 1 is 0.449 bits per heavy atom. The molecule has 2 aromatic heterocycles. The van der Waals surface area contributed by atoms with Crippen LogP contribution in [0.15, 0.2) is 133 Å². The molecule has 0 bridgehead atoms. The Hall–Kier alpha value is -6.00. The minimum absolute atomic E-state index is 0.0989. The van der Waals surface area contributed by atoms with Crippen molar-refractivity contribution in [1.29, 1.82) is 0 Å². The lowest BCUT2D eigenvalue weighted by Gasteiger charge is -2.23. The lowest BCUT2D eigenvalue weighted by atomic mass is 9.81. The molecule has 0 fully saturated rings. The summed E-state index contributed by atoms with van der Waals surface area (Å²) in [7, 11) is 0. The number of hydrogen-bond donors (Lipinski definition) is 0. The third-order valence-corrected chi connectivity index (χ3v) is 10.8. The molecule has 1 aliphatic rings. The number of hydrogen-bond acceptors (Lipinski definition) is 2. The van der Waals surface area contributed by atoms with Gasteiger partial charge in [-0.15, -0.1) is 0 Å². The van der Waals surface area contributed by atoms with Crippen molar-refractivity contribution in [3.8, 4) is 33.6 Å². The van der Waals surface area contributed by atoms with Crippen LogP contribution in [0, 0.1) is 13.8 Å². The first kappa shape index (κ1) is 28.1. The van der Waals surface area contributed by atoms with Crippen molar-refractivity contribution >= 4 is 43.6 Å². The minimum Gasteiger partial charge on any atom is -0.296 e. The Labute approximate surface area is 284 Å². The van der Waals surface area contributed by atoms with E-state index in [9.17, 15) is 0 Å². The molecule has 0 radical (unpaired) electrons. The van der Waals surface area contributed by atoms with E-state index in [0.717, 1.165) is 45.1 Å². The molecule has 0 saturated heterocycles. The third-order valence-electron chi connectivity index (χ3n) is 10.8. The summed E-state index contributed by atoms with van der Waals surface area (Å²) in [6, 6.07) is 48.7. The van der Waals surface area contributed by atoms with Crippen LogP contribution in [0.25, 0.3) is 77.2 Å². The molecule has 10 rings (SSSR count). The van der Waals surface area contributed by atoms with Crippen LogP contribution in [0.5, 0.6) is 0 Å². The SMILES string of the molecule is Cc1nc2ccccc2n1-c1cccc2c(-c3cccc4c3-c3ccccc3C4(C)C)c3cccc(-n4c(C)nc5ccccc54)c3cc12. The predicted octanol–water partition coefficient (Wildman–Crippen LogP) is 11.3. The summed E-state index contributed by atoms with van der Waals surface area (Å²) in [5, 5.41) is 4.83. The smallest absolute Gasteiger partial charge is 0.111 e. The zero-order valence-electron chi connectivity index (χ0n) is 28.0. The largest absolute Gasteiger partial charge is 0.296 e. The summed E-state index contributed by atoms with van der Waals surface area (Å²) < 4.78 is 4.64. The molecule has 0 unspecified atom stereocenters. The van der Waals surface area contributed by atoms with Gasteiger partial charge in [-0.3, -0.25) is 9.13 Å². The van der Waals surface area contributed by atoms with Crippen molar-refractivity contribution in [2.75, 3.05) is 0 Å². The van der Waals surface area contributed by atoms with Crippen molar-refractivity contribution in [2.45, 2.75) is 33.1 Å². The fourth-order valence-corrected chi connectivity index (χ4v) is 8.68. The normalized spacial score (nSPS) is 13.5. The van der Waals surface area contributed by atoms with Gasteiger partial charge in [0.15, 0.2) is 0 Å². The van der Waals surface area contributed by atoms with Gasteiger partial charge in [0.1, 0.15) is 11.6 Å². The van der Waals surface area contributed by atoms with E-state index >= 15 is 0 Å². The van der Waals surface area contributed by atoms with Gasteiger partial charge < -0.3 is 0 Å². The van der Waals surface area contributed by atoms with Gasteiger partial charge >= 0.3 is 0 Å². The number of benzene rings is 7. The molecule has 9 aromatic rings. The van der Waals surface area contributed by atoms with E-state index < -0.39 is 0 Å². The third kappa shape index (κ3) is 3.80. The standard InChI is InChI=1S/C45H34N4/c1-27-46-37-20-7-9-22-41(37)48(27)39-24-12-15-29-33(39)26-34-30(16-13-25-40(34)49-28(2)47-38-21-8-10-23-42(38)49)43(29)32-17-11-19-36-44(32)31-14-5-6-18-35(31)45(36,3)4/h5-26H,1-4H3. The highest BCUT2D eigenvalue weighted by molar-refractivity contribution is 6.19. The van der Waals surface area contributed by atoms with Gasteiger partial charge in [-0.05, 0) is 100 Å². The van der Waals surface area contributed by atoms with Gasteiger partial charge in [0, 0.05) is 16.2 Å². The number of nitrogens with zero attached hydrogens (tertiary/aromatic N) is 4. The van der Waals surface area contributed by atoms with Crippen LogP contribution in [0.3, 0.4) is 0 Å². The van der Waals surface area contributed by atoms with E-state index in [0.29, 0.717) is 0 Å². The molecule has 0 N–H and O–H groups in total. The van der Waals surface area contributed by atoms with E-state index in [1.807, 2.05) is 0 Å². The highest BCUT2D eigenvalue weighted by Gasteiger charge is 2.37. The van der Waals surface area contributed by atoms with Crippen molar-refractivity contribution in [3.05, 3.63) is 156 Å². The first-order valence-electron chi connectivity index (χ1n) is 17.0. The topological polar surface area (TPSA) is 35.6 Å². The maximum Gasteiger partial charge on any atom is 0.111 e. The predicted molar refractivity (Wildman–Crippen MR) is 203 cm³/mol. The molecule has 234 valence electrons. The number of aryl methyl sites for hydroxylation is 2. The number of imidazole rings is 2. The summed E-state index contributed by atoms with van der Waals surface area (Å²) in [6.07, 6.45) is 0. The molecule has 7 aromatic carbocycles. The highest BCUT2D eigenvalue weighted by atomic mass is 15.1. The second-order valence-electron chi connectivity index (χ2n) is 13.9. The molecule has 0 saturated carbocycles. The van der Waals surface area contributed by atoms with Crippen LogP contribution in [0.2, 0.25) is 0 Å². The van der Waals surface area contributed by atoms with Crippen LogP contribution in [0.4, 0.5) is 0 Å². The number of para-hydroxylation sites is 4. The first-order valence-corrected chi connectivity index (χ1v) is 17.0. The van der Waals surface area contributed by atoms with Crippen molar-refractivity contribution in [3.63, 3.8) is 0 Å². The van der Waals surface area contributed by atoms with Gasteiger partial charge in [-0.25, -0.2) is 9.97 Å². The zero-order chi connectivity index (χ0) is 33.0. The fraction of sp³-hybridized carbons (Fsp3) is 0.111. The quantitative estimate of drug-likeness (QED) is 0.182. The maximum atomic E-state index is 4.98. The summed E-state index contributed by atoms with van der Waals surface area (Å²) in [5.41, 5.74) is 14.3. The van der Waals surface area contributed by atoms with Crippen LogP contribution in [0.1, 0.15) is 36.6 Å². The van der Waals surface area contributed by atoms with E-state index in [1.54, 1.807) is 0 Å². The number of aromatic nitrogens is 4. The van der Waals surface area contributed by atoms with E-state index in [4.69, 9.17) is 9.97 Å². The van der Waals surface area contributed by atoms with Gasteiger partial charge in [-0.1, -0.05) is 105 Å². The van der Waals surface area contributed by atoms with E-state index in [1.165, 1.54) is 54.9 Å². The van der Waals surface area contributed by atoms with Crippen LogP contribution < -0.4 is 0 Å². The molecule has 0 spiro atoms. The lowest BCUT2D eigenvalue weighted by Crippen LogP contribution is -2.14. The highest BCUT2D eigenvalue weighted by Crippen LogP contribution is 2.54. The number of rotatable bonds is 3. The molecule has 2 heterocycles. The Morgan fingerprint density at radius 2 is 0.939 bits per heavy atom. The Morgan fingerprint density at radius 3 is 1.55 bits per heavy atom. The van der Waals surface area contributed by atoms with Crippen molar-refractivity contribution < 1.29 is 0 Å². The van der Waals surface area contributed by atoms with Crippen molar-refractivity contribution in [2.24, 2.45) is 0 Å². The molecule has 0 atom stereocenters. The van der Waals surface area contributed by atoms with Crippen molar-refractivity contribution in [1.82, 2.24) is 19.1 Å². The number of fused-ring (bicyclic) bond motifs is 7. The molecule has 1 aliphatic carbocycles. The second-order valence-corrected chi connectivity index (χ2v) is 13.9. The molecule has 4 nitrogen and oxygen atoms in total. The Kier molecular flexibility index (Phi) is 5.73. The van der Waals surface area contributed by atoms with E-state index in [2.05, 4.69) is 170 Å². The molecule has 0 amide bonds. The average molecular weight is 631 g/mol. The van der Waals surface area contributed by atoms with Crippen LogP contribution in [-0.2, 0) is 5.41 Å². The maximum absolute atomic E-state index is 4.98. The minimum atomic E-state index is -0.0989. The average Bonchev–Trinajstić information content (AvgIpc) is 3.72. The lowest BCUT2D eigenvalue weighted by molar-refractivity contribution is 0.660. The zero-order valence-corrected chi connectivity index (χ0v) is 28.0. The first-order chi connectivity index (χ1) is 23.9. The summed E-state index contributed by atoms with van der Waals surface area (Å²) in [5.74, 6) is 1.94. The van der Waals surface area contributed by atoms with Crippen LogP contribution >= 0.6 is 0 Å². The summed E-state index contributed by atoms with van der Waals surface area (Å²) in [6.45, 7) is 8.93. The fourth-order valence-electron chi connectivity index (χ4n) is 8.68. The van der Waals surface area contributed by atoms with Gasteiger partial charge in [0.2, 0.25) is 0 Å². The monoisotopic (exact) mass is 630 g/mol. The molecular weight excluding hydrogens is 597 g/mol. The van der Waals surface area contributed by atoms with Crippen LogP contribution in [-0.4, -0.2) is 19.1 Å². The molecule has 4 heteroatoms. The van der Waals surface area contributed by atoms with Gasteiger partial charge in [0.25, 0.3) is 0 Å². The Balaban J connectivity index is 1.40. The summed E-state index contributed by atoms with van der Waals surface area (Å²) >= 11 is 0. The van der Waals surface area contributed by atoms with E-state index in [-0.39, 0.29) is 5.41 Å². The Bertz CT molecular complexity index is 2690. The molecule has 0 aliphatic heterocycles. The van der Waals surface area contributed by atoms with Gasteiger partial charge in [-0.2, -0.15) is 0 Å². The molecule has 49 heavy (non-hydrogen) atoms. The molecular formula is C45H34N4. The second kappa shape index (κ2) is 10.0.